The highest BCUT2D eigenvalue weighted by molar-refractivity contribution is 6.30. The van der Waals surface area contributed by atoms with Gasteiger partial charge in [-0.05, 0) is 35.6 Å². The van der Waals surface area contributed by atoms with Crippen molar-refractivity contribution in [2.45, 2.75) is 25.3 Å². The topological polar surface area (TPSA) is 63.4 Å². The highest BCUT2D eigenvalue weighted by Crippen LogP contribution is 2.48. The zero-order chi connectivity index (χ0) is 17.8. The Bertz CT molecular complexity index is 746. The van der Waals surface area contributed by atoms with E-state index < -0.39 is 5.91 Å². The van der Waals surface area contributed by atoms with E-state index in [1.54, 1.807) is 4.90 Å². The van der Waals surface area contributed by atoms with Crippen molar-refractivity contribution in [2.75, 3.05) is 6.54 Å². The Morgan fingerprint density at radius 2 is 1.76 bits per heavy atom. The molecule has 0 aromatic heterocycles. The van der Waals surface area contributed by atoms with E-state index in [4.69, 9.17) is 17.3 Å². The maximum Gasteiger partial charge on any atom is 0.226 e. The third-order valence-corrected chi connectivity index (χ3v) is 4.81. The molecule has 2 amide bonds. The van der Waals surface area contributed by atoms with Gasteiger partial charge in [-0.15, -0.1) is 0 Å². The van der Waals surface area contributed by atoms with Gasteiger partial charge in [0, 0.05) is 30.5 Å². The Morgan fingerprint density at radius 1 is 1.08 bits per heavy atom. The standard InChI is InChI=1S/C20H21ClN2O2/c21-16-8-6-15(7-9-16)17-12-18(17)20(25)23(11-10-19(22)24)13-14-4-2-1-3-5-14/h1-9,17-18H,10-13H2,(H2,22,24). The molecular weight excluding hydrogens is 336 g/mol. The molecule has 1 aliphatic carbocycles. The number of hydrogen-bond acceptors (Lipinski definition) is 2. The average Bonchev–Trinajstić information content (AvgIpc) is 3.40. The molecule has 2 atom stereocenters. The SMILES string of the molecule is NC(=O)CCN(Cc1ccccc1)C(=O)C1CC1c1ccc(Cl)cc1. The van der Waals surface area contributed by atoms with Crippen molar-refractivity contribution in [2.24, 2.45) is 11.7 Å². The molecule has 1 saturated carbocycles. The highest BCUT2D eigenvalue weighted by atomic mass is 35.5. The van der Waals surface area contributed by atoms with Gasteiger partial charge in [0.2, 0.25) is 11.8 Å². The molecule has 1 aliphatic rings. The molecule has 0 aliphatic heterocycles. The van der Waals surface area contributed by atoms with Crippen LogP contribution < -0.4 is 5.73 Å². The van der Waals surface area contributed by atoms with Gasteiger partial charge in [0.05, 0.1) is 0 Å². The highest BCUT2D eigenvalue weighted by Gasteiger charge is 2.45. The number of rotatable bonds is 7. The number of carbonyl (C=O) groups excluding carboxylic acids is 2. The average molecular weight is 357 g/mol. The van der Waals surface area contributed by atoms with Crippen molar-refractivity contribution in [1.82, 2.24) is 4.90 Å². The molecule has 25 heavy (non-hydrogen) atoms. The number of nitrogens with two attached hydrogens (primary N) is 1. The summed E-state index contributed by atoms with van der Waals surface area (Å²) >= 11 is 5.93. The van der Waals surface area contributed by atoms with E-state index in [1.807, 2.05) is 54.6 Å². The minimum Gasteiger partial charge on any atom is -0.370 e. The van der Waals surface area contributed by atoms with Crippen molar-refractivity contribution in [3.05, 3.63) is 70.7 Å². The van der Waals surface area contributed by atoms with Gasteiger partial charge in [0.15, 0.2) is 0 Å². The molecule has 0 heterocycles. The Hall–Kier alpha value is -2.33. The third kappa shape index (κ3) is 4.60. The van der Waals surface area contributed by atoms with Gasteiger partial charge >= 0.3 is 0 Å². The van der Waals surface area contributed by atoms with E-state index in [1.165, 1.54) is 0 Å². The van der Waals surface area contributed by atoms with Crippen LogP contribution in [0.3, 0.4) is 0 Å². The Labute approximate surface area is 152 Å². The maximum atomic E-state index is 12.9. The van der Waals surface area contributed by atoms with Crippen molar-refractivity contribution in [3.63, 3.8) is 0 Å². The van der Waals surface area contributed by atoms with Crippen molar-refractivity contribution >= 4 is 23.4 Å². The number of benzene rings is 2. The minimum absolute atomic E-state index is 0.0298. The van der Waals surface area contributed by atoms with Crippen LogP contribution >= 0.6 is 11.6 Å². The summed E-state index contributed by atoms with van der Waals surface area (Å²) in [7, 11) is 0. The van der Waals surface area contributed by atoms with E-state index >= 15 is 0 Å². The second-order valence-corrected chi connectivity index (χ2v) is 6.90. The molecule has 0 saturated heterocycles. The molecule has 3 rings (SSSR count). The zero-order valence-electron chi connectivity index (χ0n) is 13.9. The fourth-order valence-corrected chi connectivity index (χ4v) is 3.22. The molecule has 0 spiro atoms. The van der Waals surface area contributed by atoms with Crippen LogP contribution in [0.15, 0.2) is 54.6 Å². The van der Waals surface area contributed by atoms with Gasteiger partial charge in [-0.2, -0.15) is 0 Å². The molecule has 2 N–H and O–H groups in total. The van der Waals surface area contributed by atoms with Crippen molar-refractivity contribution in [1.29, 1.82) is 0 Å². The van der Waals surface area contributed by atoms with Gasteiger partial charge < -0.3 is 10.6 Å². The Morgan fingerprint density at radius 3 is 2.40 bits per heavy atom. The second-order valence-electron chi connectivity index (χ2n) is 6.46. The van der Waals surface area contributed by atoms with E-state index in [-0.39, 0.29) is 24.2 Å². The number of halogens is 1. The summed E-state index contributed by atoms with van der Waals surface area (Å²) in [5.74, 6) is -0.102. The largest absolute Gasteiger partial charge is 0.370 e. The first-order valence-electron chi connectivity index (χ1n) is 8.41. The molecule has 0 radical (unpaired) electrons. The lowest BCUT2D eigenvalue weighted by atomic mass is 10.1. The van der Waals surface area contributed by atoms with E-state index in [2.05, 4.69) is 0 Å². The molecule has 5 heteroatoms. The first kappa shape index (κ1) is 17.5. The second kappa shape index (κ2) is 7.70. The molecule has 2 unspecified atom stereocenters. The van der Waals surface area contributed by atoms with Crippen LogP contribution in [0, 0.1) is 5.92 Å². The van der Waals surface area contributed by atoms with Crippen LogP contribution in [0.1, 0.15) is 29.9 Å². The summed E-state index contributed by atoms with van der Waals surface area (Å²) in [6, 6.07) is 17.5. The number of nitrogens with zero attached hydrogens (tertiary/aromatic N) is 1. The maximum absolute atomic E-state index is 12.9. The number of hydrogen-bond donors (Lipinski definition) is 1. The van der Waals surface area contributed by atoms with Gasteiger partial charge in [0.1, 0.15) is 0 Å². The van der Waals surface area contributed by atoms with E-state index in [0.29, 0.717) is 18.1 Å². The Balaban J connectivity index is 1.68. The lowest BCUT2D eigenvalue weighted by molar-refractivity contribution is -0.133. The normalized spacial score (nSPS) is 18.6. The number of primary amides is 1. The number of carbonyl (C=O) groups is 2. The smallest absolute Gasteiger partial charge is 0.226 e. The van der Waals surface area contributed by atoms with Crippen molar-refractivity contribution in [3.8, 4) is 0 Å². The molecule has 1 fully saturated rings. The first-order valence-corrected chi connectivity index (χ1v) is 8.79. The number of amides is 2. The molecule has 130 valence electrons. The van der Waals surface area contributed by atoms with Crippen LogP contribution in [-0.2, 0) is 16.1 Å². The van der Waals surface area contributed by atoms with Crippen LogP contribution in [0.5, 0.6) is 0 Å². The van der Waals surface area contributed by atoms with Crippen LogP contribution in [0.25, 0.3) is 0 Å². The predicted octanol–water partition coefficient (Wildman–Crippen LogP) is 3.35. The monoisotopic (exact) mass is 356 g/mol. The van der Waals surface area contributed by atoms with Gasteiger partial charge in [0.25, 0.3) is 0 Å². The van der Waals surface area contributed by atoms with Gasteiger partial charge in [-0.1, -0.05) is 54.1 Å². The summed E-state index contributed by atoms with van der Waals surface area (Å²) in [5, 5.41) is 0.694. The summed E-state index contributed by atoms with van der Waals surface area (Å²) < 4.78 is 0. The minimum atomic E-state index is -0.393. The predicted molar refractivity (Wildman–Crippen MR) is 98.0 cm³/mol. The van der Waals surface area contributed by atoms with Crippen molar-refractivity contribution < 1.29 is 9.59 Å². The third-order valence-electron chi connectivity index (χ3n) is 4.56. The van der Waals surface area contributed by atoms with Gasteiger partial charge in [-0.25, -0.2) is 0 Å². The molecule has 2 aromatic carbocycles. The molecule has 2 aromatic rings. The molecule has 4 nitrogen and oxygen atoms in total. The lowest BCUT2D eigenvalue weighted by Gasteiger charge is -2.22. The quantitative estimate of drug-likeness (QED) is 0.826. The first-order chi connectivity index (χ1) is 12.0. The van der Waals surface area contributed by atoms with Gasteiger partial charge in [-0.3, -0.25) is 9.59 Å². The van der Waals surface area contributed by atoms with E-state index in [0.717, 1.165) is 17.5 Å². The molecule has 0 bridgehead atoms. The lowest BCUT2D eigenvalue weighted by Crippen LogP contribution is -2.35. The van der Waals surface area contributed by atoms with Crippen LogP contribution in [0.4, 0.5) is 0 Å². The summed E-state index contributed by atoms with van der Waals surface area (Å²) in [5.41, 5.74) is 7.45. The summed E-state index contributed by atoms with van der Waals surface area (Å²) in [6.07, 6.45) is 1.01. The van der Waals surface area contributed by atoms with E-state index in [9.17, 15) is 9.59 Å². The summed E-state index contributed by atoms with van der Waals surface area (Å²) in [4.78, 5) is 25.8. The fraction of sp³-hybridized carbons (Fsp3) is 0.300. The molecular formula is C20H21ClN2O2. The Kier molecular flexibility index (Phi) is 5.39. The summed E-state index contributed by atoms with van der Waals surface area (Å²) in [6.45, 7) is 0.851. The van der Waals surface area contributed by atoms with Crippen LogP contribution in [0.2, 0.25) is 5.02 Å². The van der Waals surface area contributed by atoms with Crippen LogP contribution in [-0.4, -0.2) is 23.3 Å². The zero-order valence-corrected chi connectivity index (χ0v) is 14.7. The fourth-order valence-electron chi connectivity index (χ4n) is 3.10.